The molecule has 0 bridgehead atoms. The lowest BCUT2D eigenvalue weighted by atomic mass is 10.0. The van der Waals surface area contributed by atoms with Gasteiger partial charge in [-0.2, -0.15) is 0 Å². The molecule has 1 aromatic heterocycles. The Bertz CT molecular complexity index is 439. The van der Waals surface area contributed by atoms with Crippen LogP contribution in [0.1, 0.15) is 24.2 Å². The summed E-state index contributed by atoms with van der Waals surface area (Å²) in [4.78, 5) is 4.33. The molecule has 0 aliphatic rings. The minimum atomic E-state index is -0.192. The van der Waals surface area contributed by atoms with E-state index in [1.807, 2.05) is 17.6 Å². The first-order valence-electron chi connectivity index (χ1n) is 5.65. The second-order valence-corrected chi connectivity index (χ2v) is 4.57. The molecule has 0 aliphatic heterocycles. The molecule has 2 aromatic rings. The highest BCUT2D eigenvalue weighted by atomic mass is 32.1. The van der Waals surface area contributed by atoms with Gasteiger partial charge in [-0.25, -0.2) is 9.37 Å². The maximum Gasteiger partial charge on any atom is 0.123 e. The zero-order chi connectivity index (χ0) is 12.1. The van der Waals surface area contributed by atoms with Crippen molar-refractivity contribution in [2.45, 2.75) is 19.4 Å². The molecule has 1 atom stereocenters. The first-order valence-corrected chi connectivity index (χ1v) is 6.59. The molecule has 1 aromatic carbocycles. The lowest BCUT2D eigenvalue weighted by Crippen LogP contribution is -2.23. The van der Waals surface area contributed by atoms with Gasteiger partial charge in [0.25, 0.3) is 0 Å². The Balaban J connectivity index is 2.10. The fraction of sp³-hybridized carbons (Fsp3) is 0.308. The van der Waals surface area contributed by atoms with Gasteiger partial charge in [0.1, 0.15) is 5.82 Å². The van der Waals surface area contributed by atoms with E-state index >= 15 is 0 Å². The van der Waals surface area contributed by atoms with Crippen molar-refractivity contribution in [2.75, 3.05) is 6.54 Å². The Morgan fingerprint density at radius 2 is 2.12 bits per heavy atom. The molecule has 1 N–H and O–H groups in total. The summed E-state index contributed by atoms with van der Waals surface area (Å²) in [5.41, 5.74) is 4.01. The maximum atomic E-state index is 12.8. The number of aromatic nitrogens is 1. The molecule has 1 unspecified atom stereocenters. The summed E-state index contributed by atoms with van der Waals surface area (Å²) in [5.74, 6) is -0.192. The standard InChI is InChI=1S/C13H15FN2S/c1-2-15-12(13-8-17-9-16-13)7-10-3-5-11(14)6-4-10/h3-6,8-9,12,15H,2,7H2,1H3. The van der Waals surface area contributed by atoms with Gasteiger partial charge in [-0.1, -0.05) is 19.1 Å². The van der Waals surface area contributed by atoms with E-state index in [4.69, 9.17) is 0 Å². The van der Waals surface area contributed by atoms with Crippen molar-refractivity contribution in [1.82, 2.24) is 10.3 Å². The van der Waals surface area contributed by atoms with E-state index in [2.05, 4.69) is 22.6 Å². The summed E-state index contributed by atoms with van der Waals surface area (Å²) in [6, 6.07) is 6.85. The van der Waals surface area contributed by atoms with Gasteiger partial charge < -0.3 is 5.32 Å². The van der Waals surface area contributed by atoms with Gasteiger partial charge >= 0.3 is 0 Å². The van der Waals surface area contributed by atoms with Crippen molar-refractivity contribution in [3.63, 3.8) is 0 Å². The molecule has 1 heterocycles. The molecule has 0 saturated carbocycles. The minimum absolute atomic E-state index is 0.192. The SMILES string of the molecule is CCNC(Cc1ccc(F)cc1)c1cscn1. The molecule has 0 saturated heterocycles. The van der Waals surface area contributed by atoms with Crippen LogP contribution in [0, 0.1) is 5.82 Å². The molecule has 2 rings (SSSR count). The minimum Gasteiger partial charge on any atom is -0.309 e. The number of benzene rings is 1. The number of hydrogen-bond acceptors (Lipinski definition) is 3. The first kappa shape index (κ1) is 12.2. The molecule has 0 aliphatic carbocycles. The summed E-state index contributed by atoms with van der Waals surface area (Å²) < 4.78 is 12.8. The summed E-state index contributed by atoms with van der Waals surface area (Å²) in [5, 5.41) is 5.45. The second kappa shape index (κ2) is 5.89. The van der Waals surface area contributed by atoms with Crippen molar-refractivity contribution >= 4 is 11.3 Å². The van der Waals surface area contributed by atoms with E-state index in [9.17, 15) is 4.39 Å². The average molecular weight is 250 g/mol. The molecule has 0 radical (unpaired) electrons. The third kappa shape index (κ3) is 3.35. The van der Waals surface area contributed by atoms with Crippen LogP contribution in [-0.4, -0.2) is 11.5 Å². The summed E-state index contributed by atoms with van der Waals surface area (Å²) in [7, 11) is 0. The monoisotopic (exact) mass is 250 g/mol. The molecule has 0 amide bonds. The number of halogens is 1. The van der Waals surface area contributed by atoms with Crippen LogP contribution in [0.5, 0.6) is 0 Å². The molecule has 0 fully saturated rings. The Morgan fingerprint density at radius 1 is 1.35 bits per heavy atom. The maximum absolute atomic E-state index is 12.8. The highest BCUT2D eigenvalue weighted by molar-refractivity contribution is 7.07. The molecular formula is C13H15FN2S. The van der Waals surface area contributed by atoms with Gasteiger partial charge in [0.2, 0.25) is 0 Å². The number of nitrogens with one attached hydrogen (secondary N) is 1. The molecule has 4 heteroatoms. The summed E-state index contributed by atoms with van der Waals surface area (Å²) in [6.07, 6.45) is 0.831. The van der Waals surface area contributed by atoms with Crippen LogP contribution in [0.25, 0.3) is 0 Å². The van der Waals surface area contributed by atoms with Crippen LogP contribution in [-0.2, 0) is 6.42 Å². The van der Waals surface area contributed by atoms with Crippen LogP contribution in [0.3, 0.4) is 0 Å². The lowest BCUT2D eigenvalue weighted by Gasteiger charge is -2.15. The van der Waals surface area contributed by atoms with Crippen LogP contribution >= 0.6 is 11.3 Å². The van der Waals surface area contributed by atoms with Crippen molar-refractivity contribution in [2.24, 2.45) is 0 Å². The highest BCUT2D eigenvalue weighted by Crippen LogP contribution is 2.18. The summed E-state index contributed by atoms with van der Waals surface area (Å²) >= 11 is 1.60. The van der Waals surface area contributed by atoms with E-state index in [0.29, 0.717) is 0 Å². The smallest absolute Gasteiger partial charge is 0.123 e. The number of hydrogen-bond donors (Lipinski definition) is 1. The zero-order valence-electron chi connectivity index (χ0n) is 9.69. The largest absolute Gasteiger partial charge is 0.309 e. The van der Waals surface area contributed by atoms with E-state index in [0.717, 1.165) is 24.2 Å². The van der Waals surface area contributed by atoms with E-state index < -0.39 is 0 Å². The van der Waals surface area contributed by atoms with E-state index in [1.54, 1.807) is 11.3 Å². The fourth-order valence-corrected chi connectivity index (χ4v) is 2.39. The van der Waals surface area contributed by atoms with Gasteiger partial charge in [0.15, 0.2) is 0 Å². The Hall–Kier alpha value is -1.26. The third-order valence-electron chi connectivity index (χ3n) is 2.61. The topological polar surface area (TPSA) is 24.9 Å². The second-order valence-electron chi connectivity index (χ2n) is 3.85. The molecule has 2 nitrogen and oxygen atoms in total. The number of thiazole rings is 1. The average Bonchev–Trinajstić information content (AvgIpc) is 2.85. The summed E-state index contributed by atoms with van der Waals surface area (Å²) in [6.45, 7) is 2.97. The normalized spacial score (nSPS) is 12.6. The molecule has 17 heavy (non-hydrogen) atoms. The Kier molecular flexibility index (Phi) is 4.23. The number of likely N-dealkylation sites (N-methyl/N-ethyl adjacent to an activating group) is 1. The molecule has 0 spiro atoms. The van der Waals surface area contributed by atoms with Gasteiger partial charge in [0.05, 0.1) is 17.2 Å². The lowest BCUT2D eigenvalue weighted by molar-refractivity contribution is 0.538. The van der Waals surface area contributed by atoms with Gasteiger partial charge in [-0.15, -0.1) is 11.3 Å². The van der Waals surface area contributed by atoms with Crippen LogP contribution in [0.15, 0.2) is 35.2 Å². The van der Waals surface area contributed by atoms with Crippen molar-refractivity contribution in [1.29, 1.82) is 0 Å². The van der Waals surface area contributed by atoms with E-state index in [1.165, 1.54) is 12.1 Å². The predicted molar refractivity (Wildman–Crippen MR) is 68.6 cm³/mol. The Labute approximate surface area is 105 Å². The molecule has 90 valence electrons. The fourth-order valence-electron chi connectivity index (χ4n) is 1.78. The third-order valence-corrected chi connectivity index (χ3v) is 3.22. The predicted octanol–water partition coefficient (Wildman–Crippen LogP) is 3.18. The first-order chi connectivity index (χ1) is 8.29. The van der Waals surface area contributed by atoms with Crippen LogP contribution < -0.4 is 5.32 Å². The van der Waals surface area contributed by atoms with Crippen LogP contribution in [0.4, 0.5) is 4.39 Å². The molecular weight excluding hydrogens is 235 g/mol. The van der Waals surface area contributed by atoms with Crippen molar-refractivity contribution < 1.29 is 4.39 Å². The van der Waals surface area contributed by atoms with Crippen LogP contribution in [0.2, 0.25) is 0 Å². The quantitative estimate of drug-likeness (QED) is 0.881. The zero-order valence-corrected chi connectivity index (χ0v) is 10.5. The highest BCUT2D eigenvalue weighted by Gasteiger charge is 2.12. The van der Waals surface area contributed by atoms with Gasteiger partial charge in [0, 0.05) is 5.38 Å². The van der Waals surface area contributed by atoms with Crippen molar-refractivity contribution in [3.8, 4) is 0 Å². The van der Waals surface area contributed by atoms with Gasteiger partial charge in [-0.3, -0.25) is 0 Å². The van der Waals surface area contributed by atoms with Crippen molar-refractivity contribution in [3.05, 3.63) is 52.2 Å². The van der Waals surface area contributed by atoms with Gasteiger partial charge in [-0.05, 0) is 30.7 Å². The number of rotatable bonds is 5. The number of nitrogens with zero attached hydrogens (tertiary/aromatic N) is 1. The van der Waals surface area contributed by atoms with E-state index in [-0.39, 0.29) is 11.9 Å². The Morgan fingerprint density at radius 3 is 2.71 bits per heavy atom.